The molecular weight excluding hydrogens is 390 g/mol. The molecule has 1 amide bonds. The molecule has 0 saturated carbocycles. The topological polar surface area (TPSA) is 55.2 Å². The van der Waals surface area contributed by atoms with Gasteiger partial charge in [-0.05, 0) is 40.2 Å². The number of carbonyl (C=O) groups is 1. The second-order valence-corrected chi connectivity index (χ2v) is 8.00. The first-order valence-electron chi connectivity index (χ1n) is 7.47. The number of aryl methyl sites for hydroxylation is 1. The lowest BCUT2D eigenvalue weighted by Gasteiger charge is -2.17. The summed E-state index contributed by atoms with van der Waals surface area (Å²) in [6.07, 6.45) is 1.64. The molecule has 3 rings (SSSR count). The minimum Gasteiger partial charge on any atom is -0.341 e. The van der Waals surface area contributed by atoms with Crippen molar-refractivity contribution in [2.24, 2.45) is 0 Å². The van der Waals surface area contributed by atoms with Crippen molar-refractivity contribution in [1.29, 1.82) is 0 Å². The number of benzene rings is 1. The van der Waals surface area contributed by atoms with Crippen LogP contribution in [0.4, 0.5) is 0 Å². The van der Waals surface area contributed by atoms with Crippen molar-refractivity contribution >= 4 is 44.1 Å². The zero-order valence-corrected chi connectivity index (χ0v) is 15.5. The molecule has 0 atom stereocenters. The van der Waals surface area contributed by atoms with Crippen LogP contribution in [-0.2, 0) is 17.9 Å². The fraction of sp³-hybridized carbons (Fsp3) is 0.235. The maximum Gasteiger partial charge on any atom is 0.224 e. The first-order chi connectivity index (χ1) is 11.5. The largest absolute Gasteiger partial charge is 0.341 e. The third-order valence-corrected chi connectivity index (χ3v) is 5.36. The van der Waals surface area contributed by atoms with Gasteiger partial charge in [-0.2, -0.15) is 5.10 Å². The standard InChI is InChI=1S/C17H16BrN3O2S/c1-20(11-12-6-7-16(18)24-12)17(23)8-9-21-14-5-3-2-4-13(14)15(22)10-19-21/h2-7,10H,8-9,11H2,1H3. The van der Waals surface area contributed by atoms with Gasteiger partial charge in [-0.3, -0.25) is 14.3 Å². The predicted octanol–water partition coefficient (Wildman–Crippen LogP) is 3.27. The molecule has 0 radical (unpaired) electrons. The van der Waals surface area contributed by atoms with Gasteiger partial charge < -0.3 is 4.90 Å². The third-order valence-electron chi connectivity index (χ3n) is 3.75. The summed E-state index contributed by atoms with van der Waals surface area (Å²) in [5.41, 5.74) is 0.649. The number of hydrogen-bond acceptors (Lipinski definition) is 4. The first-order valence-corrected chi connectivity index (χ1v) is 9.08. The van der Waals surface area contributed by atoms with Crippen molar-refractivity contribution in [3.05, 3.63) is 61.5 Å². The van der Waals surface area contributed by atoms with Gasteiger partial charge in [-0.15, -0.1) is 11.3 Å². The number of halogens is 1. The molecule has 0 unspecified atom stereocenters. The number of para-hydroxylation sites is 1. The highest BCUT2D eigenvalue weighted by Gasteiger charge is 2.12. The molecule has 1 aromatic carbocycles. The summed E-state index contributed by atoms with van der Waals surface area (Å²) in [5.74, 6) is 0.0455. The second-order valence-electron chi connectivity index (χ2n) is 5.45. The number of aromatic nitrogens is 2. The van der Waals surface area contributed by atoms with E-state index in [2.05, 4.69) is 21.0 Å². The average Bonchev–Trinajstić information content (AvgIpc) is 2.99. The van der Waals surface area contributed by atoms with E-state index in [0.717, 1.165) is 14.2 Å². The monoisotopic (exact) mass is 405 g/mol. The van der Waals surface area contributed by atoms with Crippen molar-refractivity contribution in [2.45, 2.75) is 19.5 Å². The van der Waals surface area contributed by atoms with Crippen LogP contribution in [0.1, 0.15) is 11.3 Å². The molecule has 124 valence electrons. The molecule has 0 spiro atoms. The summed E-state index contributed by atoms with van der Waals surface area (Å²) in [5, 5.41) is 4.78. The van der Waals surface area contributed by atoms with Gasteiger partial charge in [0, 0.05) is 23.7 Å². The van der Waals surface area contributed by atoms with E-state index in [4.69, 9.17) is 0 Å². The molecular formula is C17H16BrN3O2S. The van der Waals surface area contributed by atoms with E-state index in [1.807, 2.05) is 30.3 Å². The van der Waals surface area contributed by atoms with Crippen LogP contribution in [0.15, 0.2) is 51.2 Å². The summed E-state index contributed by atoms with van der Waals surface area (Å²) in [4.78, 5) is 27.0. The summed E-state index contributed by atoms with van der Waals surface area (Å²) >= 11 is 5.05. The summed E-state index contributed by atoms with van der Waals surface area (Å²) in [6, 6.07) is 11.3. The number of amides is 1. The molecule has 0 fully saturated rings. The fourth-order valence-corrected chi connectivity index (χ4v) is 4.03. The molecule has 0 aliphatic rings. The van der Waals surface area contributed by atoms with E-state index < -0.39 is 0 Å². The van der Waals surface area contributed by atoms with Crippen LogP contribution in [0.2, 0.25) is 0 Å². The molecule has 2 heterocycles. The van der Waals surface area contributed by atoms with E-state index in [-0.39, 0.29) is 11.3 Å². The van der Waals surface area contributed by atoms with Crippen LogP contribution in [0.5, 0.6) is 0 Å². The minimum absolute atomic E-state index is 0.0455. The molecule has 5 nitrogen and oxygen atoms in total. The van der Waals surface area contributed by atoms with Crippen LogP contribution in [-0.4, -0.2) is 27.6 Å². The number of fused-ring (bicyclic) bond motifs is 1. The van der Waals surface area contributed by atoms with Crippen LogP contribution in [0, 0.1) is 0 Å². The van der Waals surface area contributed by atoms with Crippen LogP contribution >= 0.6 is 27.3 Å². The van der Waals surface area contributed by atoms with Gasteiger partial charge in [0.2, 0.25) is 11.3 Å². The van der Waals surface area contributed by atoms with Crippen LogP contribution in [0.25, 0.3) is 10.9 Å². The number of nitrogens with zero attached hydrogens (tertiary/aromatic N) is 3. The van der Waals surface area contributed by atoms with Gasteiger partial charge in [0.05, 0.1) is 28.6 Å². The normalized spacial score (nSPS) is 10.9. The Balaban J connectivity index is 1.68. The predicted molar refractivity (Wildman–Crippen MR) is 99.1 cm³/mol. The van der Waals surface area contributed by atoms with Crippen LogP contribution in [0.3, 0.4) is 0 Å². The molecule has 3 aromatic rings. The zero-order valence-electron chi connectivity index (χ0n) is 13.1. The highest BCUT2D eigenvalue weighted by Crippen LogP contribution is 2.23. The first kappa shape index (κ1) is 16.9. The quantitative estimate of drug-likeness (QED) is 0.654. The Kier molecular flexibility index (Phi) is 5.11. The SMILES string of the molecule is CN(Cc1ccc(Br)s1)C(=O)CCn1ncc(=O)c2ccccc21. The molecule has 2 aromatic heterocycles. The molecule has 0 aliphatic carbocycles. The molecule has 0 saturated heterocycles. The van der Waals surface area contributed by atoms with E-state index in [9.17, 15) is 9.59 Å². The zero-order chi connectivity index (χ0) is 17.1. The number of thiophene rings is 1. The smallest absolute Gasteiger partial charge is 0.224 e. The third kappa shape index (κ3) is 3.73. The minimum atomic E-state index is -0.103. The van der Waals surface area contributed by atoms with E-state index in [0.29, 0.717) is 24.9 Å². The Labute approximate surface area is 151 Å². The van der Waals surface area contributed by atoms with E-state index in [1.54, 1.807) is 34.0 Å². The lowest BCUT2D eigenvalue weighted by molar-refractivity contribution is -0.130. The van der Waals surface area contributed by atoms with Gasteiger partial charge >= 0.3 is 0 Å². The second kappa shape index (κ2) is 7.27. The highest BCUT2D eigenvalue weighted by atomic mass is 79.9. The molecule has 24 heavy (non-hydrogen) atoms. The summed E-state index contributed by atoms with van der Waals surface area (Å²) < 4.78 is 2.77. The van der Waals surface area contributed by atoms with Gasteiger partial charge in [0.25, 0.3) is 0 Å². The van der Waals surface area contributed by atoms with Gasteiger partial charge in [-0.25, -0.2) is 0 Å². The number of rotatable bonds is 5. The number of hydrogen-bond donors (Lipinski definition) is 0. The highest BCUT2D eigenvalue weighted by molar-refractivity contribution is 9.11. The molecule has 7 heteroatoms. The lowest BCUT2D eigenvalue weighted by atomic mass is 10.2. The van der Waals surface area contributed by atoms with Crippen molar-refractivity contribution in [2.75, 3.05) is 7.05 Å². The maximum absolute atomic E-state index is 12.3. The van der Waals surface area contributed by atoms with Crippen molar-refractivity contribution in [1.82, 2.24) is 14.7 Å². The van der Waals surface area contributed by atoms with Crippen LogP contribution < -0.4 is 5.43 Å². The van der Waals surface area contributed by atoms with Crippen molar-refractivity contribution in [3.63, 3.8) is 0 Å². The maximum atomic E-state index is 12.3. The Hall–Kier alpha value is -1.99. The lowest BCUT2D eigenvalue weighted by Crippen LogP contribution is -2.27. The summed E-state index contributed by atoms with van der Waals surface area (Å²) in [7, 11) is 1.80. The Morgan fingerprint density at radius 1 is 1.29 bits per heavy atom. The Bertz CT molecular complexity index is 935. The Morgan fingerprint density at radius 3 is 2.83 bits per heavy atom. The molecule has 0 bridgehead atoms. The van der Waals surface area contributed by atoms with Gasteiger partial charge in [0.15, 0.2) is 0 Å². The van der Waals surface area contributed by atoms with E-state index in [1.165, 1.54) is 6.20 Å². The van der Waals surface area contributed by atoms with Crippen molar-refractivity contribution < 1.29 is 4.79 Å². The molecule has 0 aliphatic heterocycles. The fourth-order valence-electron chi connectivity index (χ4n) is 2.49. The summed E-state index contributed by atoms with van der Waals surface area (Å²) in [6.45, 7) is 1.03. The number of carbonyl (C=O) groups excluding carboxylic acids is 1. The average molecular weight is 406 g/mol. The molecule has 0 N–H and O–H groups in total. The van der Waals surface area contributed by atoms with Gasteiger partial charge in [0.1, 0.15) is 0 Å². The van der Waals surface area contributed by atoms with Gasteiger partial charge in [-0.1, -0.05) is 12.1 Å². The Morgan fingerprint density at radius 2 is 2.08 bits per heavy atom. The van der Waals surface area contributed by atoms with E-state index >= 15 is 0 Å². The van der Waals surface area contributed by atoms with Crippen molar-refractivity contribution in [3.8, 4) is 0 Å².